The Morgan fingerprint density at radius 2 is 1.86 bits per heavy atom. The summed E-state index contributed by atoms with van der Waals surface area (Å²) in [6.45, 7) is 11.9. The van der Waals surface area contributed by atoms with Crippen molar-refractivity contribution in [3.63, 3.8) is 0 Å². The average Bonchev–Trinajstić information content (AvgIpc) is 3.51. The van der Waals surface area contributed by atoms with Gasteiger partial charge in [-0.2, -0.15) is 9.36 Å². The third kappa shape index (κ3) is 9.45. The summed E-state index contributed by atoms with van der Waals surface area (Å²) in [5, 5.41) is 8.50. The molecule has 2 aromatic rings. The highest BCUT2D eigenvalue weighted by molar-refractivity contribution is 8.00. The summed E-state index contributed by atoms with van der Waals surface area (Å²) in [5.41, 5.74) is 0.229. The predicted octanol–water partition coefficient (Wildman–Crippen LogP) is 4.14. The van der Waals surface area contributed by atoms with Gasteiger partial charge in [-0.1, -0.05) is 42.1 Å². The van der Waals surface area contributed by atoms with Crippen molar-refractivity contribution >= 4 is 58.0 Å². The highest BCUT2D eigenvalue weighted by Crippen LogP contribution is 2.41. The topological polar surface area (TPSA) is 180 Å². The lowest BCUT2D eigenvalue weighted by atomic mass is 10.0. The number of thioether (sulfide) groups is 1. The molecule has 17 heteroatoms. The van der Waals surface area contributed by atoms with Crippen LogP contribution in [0.5, 0.6) is 5.75 Å². The molecule has 4 rings (SSSR count). The maximum atomic E-state index is 13.7. The number of benzene rings is 1. The van der Waals surface area contributed by atoms with Crippen LogP contribution in [0.4, 0.5) is 9.93 Å². The largest absolute Gasteiger partial charge is 0.497 e. The van der Waals surface area contributed by atoms with Gasteiger partial charge in [-0.3, -0.25) is 19.8 Å². The van der Waals surface area contributed by atoms with E-state index in [1.807, 2.05) is 0 Å². The summed E-state index contributed by atoms with van der Waals surface area (Å²) in [5.74, 6) is -2.48. The third-order valence-corrected chi connectivity index (χ3v) is 8.68. The third-order valence-electron chi connectivity index (χ3n) is 6.75. The molecule has 0 radical (unpaired) electrons. The number of hydrogen-bond acceptors (Lipinski definition) is 14. The number of rotatable bonds is 13. The molecule has 3 heterocycles. The molecule has 2 atom stereocenters. The molecular formula is C32H38N6O9S2. The second-order valence-electron chi connectivity index (χ2n) is 11.9. The second kappa shape index (κ2) is 15.7. The monoisotopic (exact) mass is 714 g/mol. The molecule has 1 aromatic heterocycles. The van der Waals surface area contributed by atoms with Crippen LogP contribution in [-0.4, -0.2) is 86.6 Å². The molecule has 0 aliphatic carbocycles. The van der Waals surface area contributed by atoms with Crippen molar-refractivity contribution in [2.45, 2.75) is 64.0 Å². The van der Waals surface area contributed by atoms with Crippen LogP contribution in [0.15, 0.2) is 65.5 Å². The fourth-order valence-corrected chi connectivity index (χ4v) is 6.11. The summed E-state index contributed by atoms with van der Waals surface area (Å²) < 4.78 is 25.4. The fourth-order valence-electron chi connectivity index (χ4n) is 4.23. The molecule has 49 heavy (non-hydrogen) atoms. The van der Waals surface area contributed by atoms with Gasteiger partial charge in [0.2, 0.25) is 22.5 Å². The molecule has 0 bridgehead atoms. The number of anilines is 1. The van der Waals surface area contributed by atoms with Gasteiger partial charge in [0.05, 0.1) is 7.11 Å². The number of ether oxygens (including phenoxy) is 4. The summed E-state index contributed by atoms with van der Waals surface area (Å²) in [7, 11) is 2.95. The van der Waals surface area contributed by atoms with Crippen molar-refractivity contribution in [2.24, 2.45) is 5.16 Å². The van der Waals surface area contributed by atoms with E-state index in [9.17, 15) is 19.2 Å². The van der Waals surface area contributed by atoms with E-state index in [0.29, 0.717) is 17.1 Å². The molecule has 0 saturated carbocycles. The molecule has 0 spiro atoms. The van der Waals surface area contributed by atoms with Crippen LogP contribution < -0.4 is 15.4 Å². The zero-order valence-electron chi connectivity index (χ0n) is 28.1. The number of carbonyl (C=O) groups excluding carboxylic acids is 4. The van der Waals surface area contributed by atoms with Crippen LogP contribution in [0.2, 0.25) is 0 Å². The molecular weight excluding hydrogens is 677 g/mol. The first-order chi connectivity index (χ1) is 23.2. The van der Waals surface area contributed by atoms with Crippen LogP contribution >= 0.6 is 23.3 Å². The Labute approximate surface area is 291 Å². The zero-order chi connectivity index (χ0) is 35.9. The Balaban J connectivity index is 1.53. The van der Waals surface area contributed by atoms with E-state index < -0.39 is 46.7 Å². The predicted molar refractivity (Wildman–Crippen MR) is 183 cm³/mol. The molecule has 2 aliphatic heterocycles. The lowest BCUT2D eigenvalue weighted by Crippen LogP contribution is -2.71. The van der Waals surface area contributed by atoms with Gasteiger partial charge < -0.3 is 29.1 Å². The Morgan fingerprint density at radius 3 is 2.49 bits per heavy atom. The van der Waals surface area contributed by atoms with E-state index >= 15 is 0 Å². The van der Waals surface area contributed by atoms with E-state index in [1.165, 1.54) is 23.8 Å². The second-order valence-corrected chi connectivity index (χ2v) is 13.8. The highest BCUT2D eigenvalue weighted by atomic mass is 32.2. The Kier molecular flexibility index (Phi) is 11.8. The fraction of sp³-hybridized carbons (Fsp3) is 0.406. The molecule has 2 N–H and O–H groups in total. The summed E-state index contributed by atoms with van der Waals surface area (Å²) in [6.07, 6.45) is 4.14. The highest BCUT2D eigenvalue weighted by Gasteiger charge is 2.54. The molecule has 1 aromatic carbocycles. The van der Waals surface area contributed by atoms with Gasteiger partial charge in [0.25, 0.3) is 11.8 Å². The van der Waals surface area contributed by atoms with Crippen molar-refractivity contribution in [3.05, 3.63) is 71.7 Å². The lowest BCUT2D eigenvalue weighted by Gasteiger charge is -2.49. The first kappa shape index (κ1) is 37.1. The van der Waals surface area contributed by atoms with Crippen molar-refractivity contribution < 1.29 is 43.0 Å². The van der Waals surface area contributed by atoms with Crippen molar-refractivity contribution in [3.8, 4) is 5.75 Å². The molecule has 1 fully saturated rings. The molecule has 2 aliphatic rings. The number of allylic oxidation sites excluding steroid dienone is 3. The van der Waals surface area contributed by atoms with Gasteiger partial charge in [-0.15, -0.1) is 11.8 Å². The van der Waals surface area contributed by atoms with Crippen molar-refractivity contribution in [1.29, 1.82) is 0 Å². The number of amides is 3. The number of nitrogens with zero attached hydrogens (tertiary/aromatic N) is 4. The zero-order valence-corrected chi connectivity index (χ0v) is 29.7. The van der Waals surface area contributed by atoms with E-state index in [4.69, 9.17) is 23.8 Å². The van der Waals surface area contributed by atoms with E-state index in [2.05, 4.69) is 31.7 Å². The first-order valence-corrected chi connectivity index (χ1v) is 16.7. The van der Waals surface area contributed by atoms with Gasteiger partial charge >= 0.3 is 12.1 Å². The van der Waals surface area contributed by atoms with Gasteiger partial charge in [-0.05, 0) is 44.0 Å². The number of esters is 1. The van der Waals surface area contributed by atoms with Gasteiger partial charge in [0, 0.05) is 38.2 Å². The number of nitrogens with one attached hydrogen (secondary N) is 2. The Hall–Kier alpha value is -4.74. The van der Waals surface area contributed by atoms with E-state index in [0.717, 1.165) is 17.1 Å². The molecule has 1 saturated heterocycles. The number of hydrogen-bond donors (Lipinski definition) is 2. The van der Waals surface area contributed by atoms with Crippen LogP contribution in [-0.2, 0) is 40.0 Å². The van der Waals surface area contributed by atoms with Gasteiger partial charge in [0.1, 0.15) is 35.1 Å². The van der Waals surface area contributed by atoms with E-state index in [1.54, 1.807) is 84.2 Å². The SMILES string of the molecule is C=C/C=C/C1=C(C(=O)OCc2ccc(OC)cc2)N2C(=O)[C@@H](NC(=O)/C(=N\OC(C)(C)OC)c3nsc(NC(=O)OC(C)(C)C)n3)[C@@H]2SC1. The van der Waals surface area contributed by atoms with Crippen molar-refractivity contribution in [2.75, 3.05) is 25.3 Å². The standard InChI is InChI=1S/C32H38N6O9S2/c1-9-10-11-19-17-48-27-22(26(40)38(27)23(19)28(41)45-16-18-12-14-20(43-7)15-13-18)33-25(39)21(36-47-32(5,6)44-8)24-34-29(49-37-24)35-30(42)46-31(2,3)4/h9-15,22,27H,1,16-17H2,2-8H3,(H,33,39)(H,34,35,37,42)/b11-10+,36-21-/t22-,27+/m1/s1. The van der Waals surface area contributed by atoms with E-state index in [-0.39, 0.29) is 29.0 Å². The molecule has 0 unspecified atom stereocenters. The summed E-state index contributed by atoms with van der Waals surface area (Å²) in [4.78, 5) is 63.9. The van der Waals surface area contributed by atoms with Crippen LogP contribution in [0.1, 0.15) is 46.0 Å². The number of oxime groups is 1. The number of fused-ring (bicyclic) bond motifs is 1. The molecule has 3 amide bonds. The Morgan fingerprint density at radius 1 is 1.14 bits per heavy atom. The lowest BCUT2D eigenvalue weighted by molar-refractivity contribution is -0.197. The smallest absolute Gasteiger partial charge is 0.414 e. The number of methoxy groups -OCH3 is 2. The normalized spacial score (nSPS) is 18.0. The van der Waals surface area contributed by atoms with Gasteiger partial charge in [0.15, 0.2) is 0 Å². The average molecular weight is 715 g/mol. The minimum atomic E-state index is -1.23. The van der Waals surface area contributed by atoms with Crippen LogP contribution in [0, 0.1) is 0 Å². The number of carbonyl (C=O) groups is 4. The van der Waals surface area contributed by atoms with Crippen molar-refractivity contribution in [1.82, 2.24) is 19.6 Å². The van der Waals surface area contributed by atoms with Crippen LogP contribution in [0.3, 0.4) is 0 Å². The quantitative estimate of drug-likeness (QED) is 0.0758. The summed E-state index contributed by atoms with van der Waals surface area (Å²) >= 11 is 2.14. The van der Waals surface area contributed by atoms with Crippen LogP contribution in [0.25, 0.3) is 0 Å². The number of β-lactam (4-membered cyclic amide) rings is 1. The minimum Gasteiger partial charge on any atom is -0.497 e. The maximum Gasteiger partial charge on any atom is 0.414 e. The van der Waals surface area contributed by atoms with Gasteiger partial charge in [-0.25, -0.2) is 9.59 Å². The first-order valence-electron chi connectivity index (χ1n) is 14.9. The maximum absolute atomic E-state index is 13.7. The Bertz CT molecular complexity index is 1680. The molecule has 15 nitrogen and oxygen atoms in total. The minimum absolute atomic E-state index is 0.0339. The number of aromatic nitrogens is 2. The molecule has 262 valence electrons. The summed E-state index contributed by atoms with van der Waals surface area (Å²) in [6, 6.07) is 5.99.